The van der Waals surface area contributed by atoms with E-state index in [1.165, 1.54) is 30.3 Å². The molecule has 0 bridgehead atoms. The number of carbonyl (C=O) groups excluding carboxylic acids is 1. The molecular weight excluding hydrogens is 278 g/mol. The summed E-state index contributed by atoms with van der Waals surface area (Å²) < 4.78 is 25.9. The summed E-state index contributed by atoms with van der Waals surface area (Å²) in [6, 6.07) is 9.42. The van der Waals surface area contributed by atoms with Crippen LogP contribution in [0.25, 0.3) is 0 Å². The summed E-state index contributed by atoms with van der Waals surface area (Å²) >= 11 is 6.57. The minimum Gasteiger partial charge on any atom is -0.276 e. The van der Waals surface area contributed by atoms with E-state index in [9.17, 15) is 13.6 Å². The largest absolute Gasteiger partial charge is 0.276 e. The highest BCUT2D eigenvalue weighted by Crippen LogP contribution is 2.31. The molecule has 0 saturated heterocycles. The second kappa shape index (κ2) is 5.50. The Morgan fingerprint density at radius 2 is 1.61 bits per heavy atom. The van der Waals surface area contributed by atoms with E-state index in [-0.39, 0.29) is 11.4 Å². The van der Waals surface area contributed by atoms with Crippen LogP contribution in [0.3, 0.4) is 0 Å². The molecule has 0 atom stereocenters. The Balaban J connectivity index is 2.35. The van der Waals surface area contributed by atoms with Crippen molar-refractivity contribution < 1.29 is 13.6 Å². The Kier molecular flexibility index (Phi) is 3.99. The van der Waals surface area contributed by atoms with E-state index in [0.717, 1.165) is 11.8 Å². The zero-order chi connectivity index (χ0) is 13.1. The number of hydrogen-bond donors (Lipinski definition) is 0. The van der Waals surface area contributed by atoms with Crippen LogP contribution in [-0.4, -0.2) is 5.24 Å². The Labute approximate surface area is 112 Å². The highest BCUT2D eigenvalue weighted by Gasteiger charge is 2.11. The van der Waals surface area contributed by atoms with E-state index < -0.39 is 11.1 Å². The first-order chi connectivity index (χ1) is 8.56. The normalized spacial score (nSPS) is 10.4. The van der Waals surface area contributed by atoms with Gasteiger partial charge in [-0.1, -0.05) is 11.8 Å². The molecule has 18 heavy (non-hydrogen) atoms. The average Bonchev–Trinajstić information content (AvgIpc) is 2.32. The van der Waals surface area contributed by atoms with Gasteiger partial charge in [0, 0.05) is 15.4 Å². The summed E-state index contributed by atoms with van der Waals surface area (Å²) in [5.41, 5.74) is 0.229. The van der Waals surface area contributed by atoms with E-state index in [1.54, 1.807) is 12.1 Å². The quantitative estimate of drug-likeness (QED) is 0.772. The summed E-state index contributed by atoms with van der Waals surface area (Å²) in [5, 5.41) is -0.653. The average molecular weight is 285 g/mol. The lowest BCUT2D eigenvalue weighted by Crippen LogP contribution is -1.93. The number of halogens is 3. The lowest BCUT2D eigenvalue weighted by Gasteiger charge is -2.06. The maximum Gasteiger partial charge on any atom is 0.253 e. The molecule has 0 N–H and O–H groups in total. The molecule has 1 nitrogen and oxygen atoms in total. The first-order valence-electron chi connectivity index (χ1n) is 4.99. The number of rotatable bonds is 3. The molecule has 0 saturated carbocycles. The molecule has 0 aliphatic heterocycles. The zero-order valence-electron chi connectivity index (χ0n) is 8.99. The summed E-state index contributed by atoms with van der Waals surface area (Å²) in [6.45, 7) is 0. The van der Waals surface area contributed by atoms with Crippen molar-refractivity contribution in [2.75, 3.05) is 0 Å². The van der Waals surface area contributed by atoms with Crippen LogP contribution in [0.5, 0.6) is 0 Å². The third kappa shape index (κ3) is 3.09. The minimum absolute atomic E-state index is 0.229. The van der Waals surface area contributed by atoms with E-state index >= 15 is 0 Å². The standard InChI is InChI=1S/C13H7ClF2OS/c14-13(17)11-6-3-9(16)7-12(11)18-10-4-1-8(15)2-5-10/h1-7H. The van der Waals surface area contributed by atoms with Gasteiger partial charge in [0.05, 0.1) is 0 Å². The molecule has 2 aromatic carbocycles. The van der Waals surface area contributed by atoms with Gasteiger partial charge in [-0.05, 0) is 54.1 Å². The minimum atomic E-state index is -0.653. The smallest absolute Gasteiger partial charge is 0.253 e. The van der Waals surface area contributed by atoms with Crippen molar-refractivity contribution in [3.05, 3.63) is 59.7 Å². The van der Waals surface area contributed by atoms with E-state index in [2.05, 4.69) is 0 Å². The zero-order valence-corrected chi connectivity index (χ0v) is 10.6. The van der Waals surface area contributed by atoms with E-state index in [4.69, 9.17) is 11.6 Å². The molecule has 0 radical (unpaired) electrons. The number of hydrogen-bond acceptors (Lipinski definition) is 2. The van der Waals surface area contributed by atoms with Crippen LogP contribution in [0.1, 0.15) is 10.4 Å². The fourth-order valence-electron chi connectivity index (χ4n) is 1.37. The van der Waals surface area contributed by atoms with Crippen LogP contribution < -0.4 is 0 Å². The maximum absolute atomic E-state index is 13.1. The molecule has 0 aliphatic carbocycles. The highest BCUT2D eigenvalue weighted by molar-refractivity contribution is 7.99. The summed E-state index contributed by atoms with van der Waals surface area (Å²) in [4.78, 5) is 12.3. The van der Waals surface area contributed by atoms with Crippen molar-refractivity contribution in [1.29, 1.82) is 0 Å². The molecule has 0 aliphatic rings. The van der Waals surface area contributed by atoms with Crippen LogP contribution in [0.15, 0.2) is 52.3 Å². The molecule has 92 valence electrons. The first kappa shape index (κ1) is 13.1. The van der Waals surface area contributed by atoms with Crippen molar-refractivity contribution in [1.82, 2.24) is 0 Å². The fraction of sp³-hybridized carbons (Fsp3) is 0. The predicted molar refractivity (Wildman–Crippen MR) is 67.1 cm³/mol. The van der Waals surface area contributed by atoms with Crippen molar-refractivity contribution in [3.8, 4) is 0 Å². The van der Waals surface area contributed by atoms with Gasteiger partial charge in [-0.3, -0.25) is 4.79 Å². The van der Waals surface area contributed by atoms with Gasteiger partial charge in [0.25, 0.3) is 5.24 Å². The van der Waals surface area contributed by atoms with Crippen LogP contribution in [0.4, 0.5) is 8.78 Å². The monoisotopic (exact) mass is 284 g/mol. The SMILES string of the molecule is O=C(Cl)c1ccc(F)cc1Sc1ccc(F)cc1. The molecule has 0 aromatic heterocycles. The molecule has 0 spiro atoms. The number of carbonyl (C=O) groups is 1. The summed E-state index contributed by atoms with van der Waals surface area (Å²) in [6.07, 6.45) is 0. The summed E-state index contributed by atoms with van der Waals surface area (Å²) in [7, 11) is 0. The molecular formula is C13H7ClF2OS. The molecule has 5 heteroatoms. The number of benzene rings is 2. The maximum atomic E-state index is 13.1. The molecule has 2 rings (SSSR count). The Morgan fingerprint density at radius 1 is 1.00 bits per heavy atom. The molecule has 0 fully saturated rings. The van der Waals surface area contributed by atoms with Crippen LogP contribution >= 0.6 is 23.4 Å². The molecule has 2 aromatic rings. The lowest BCUT2D eigenvalue weighted by molar-refractivity contribution is 0.107. The van der Waals surface area contributed by atoms with Gasteiger partial charge in [-0.25, -0.2) is 8.78 Å². The Hall–Kier alpha value is -1.39. The van der Waals surface area contributed by atoms with Crippen molar-refractivity contribution in [2.24, 2.45) is 0 Å². The second-order valence-electron chi connectivity index (χ2n) is 3.47. The summed E-state index contributed by atoms with van der Waals surface area (Å²) in [5.74, 6) is -0.812. The first-order valence-corrected chi connectivity index (χ1v) is 6.18. The van der Waals surface area contributed by atoms with E-state index in [1.807, 2.05) is 0 Å². The molecule has 0 heterocycles. The van der Waals surface area contributed by atoms with Gasteiger partial charge < -0.3 is 0 Å². The molecule has 0 amide bonds. The van der Waals surface area contributed by atoms with Crippen LogP contribution in [-0.2, 0) is 0 Å². The predicted octanol–water partition coefficient (Wildman–Crippen LogP) is 4.50. The van der Waals surface area contributed by atoms with Gasteiger partial charge in [0.15, 0.2) is 0 Å². The van der Waals surface area contributed by atoms with E-state index in [0.29, 0.717) is 9.79 Å². The fourth-order valence-corrected chi connectivity index (χ4v) is 2.56. The topological polar surface area (TPSA) is 17.1 Å². The Morgan fingerprint density at radius 3 is 2.22 bits per heavy atom. The highest BCUT2D eigenvalue weighted by atomic mass is 35.5. The van der Waals surface area contributed by atoms with Crippen molar-refractivity contribution >= 4 is 28.6 Å². The van der Waals surface area contributed by atoms with Gasteiger partial charge in [-0.2, -0.15) is 0 Å². The van der Waals surface area contributed by atoms with Crippen molar-refractivity contribution in [3.63, 3.8) is 0 Å². The lowest BCUT2D eigenvalue weighted by atomic mass is 10.2. The Bertz CT molecular complexity index is 584. The van der Waals surface area contributed by atoms with Crippen molar-refractivity contribution in [2.45, 2.75) is 9.79 Å². The third-order valence-corrected chi connectivity index (χ3v) is 3.47. The van der Waals surface area contributed by atoms with Crippen LogP contribution in [0, 0.1) is 11.6 Å². The van der Waals surface area contributed by atoms with Gasteiger partial charge in [0.2, 0.25) is 0 Å². The van der Waals surface area contributed by atoms with Gasteiger partial charge in [-0.15, -0.1) is 0 Å². The second-order valence-corrected chi connectivity index (χ2v) is 4.93. The van der Waals surface area contributed by atoms with Gasteiger partial charge in [0.1, 0.15) is 11.6 Å². The van der Waals surface area contributed by atoms with Crippen LogP contribution in [0.2, 0.25) is 0 Å². The van der Waals surface area contributed by atoms with Gasteiger partial charge >= 0.3 is 0 Å². The third-order valence-electron chi connectivity index (χ3n) is 2.20. The molecule has 0 unspecified atom stereocenters.